The Morgan fingerprint density at radius 3 is 2.50 bits per heavy atom. The van der Waals surface area contributed by atoms with Crippen molar-refractivity contribution in [2.75, 3.05) is 38.8 Å². The Morgan fingerprint density at radius 2 is 1.94 bits per heavy atom. The van der Waals surface area contributed by atoms with Crippen molar-refractivity contribution in [1.29, 1.82) is 0 Å². The van der Waals surface area contributed by atoms with Crippen molar-refractivity contribution in [3.63, 3.8) is 0 Å². The molecule has 0 radical (unpaired) electrons. The van der Waals surface area contributed by atoms with Crippen LogP contribution >= 0.6 is 0 Å². The number of benzene rings is 1. The Balaban J connectivity index is 2.39. The van der Waals surface area contributed by atoms with Gasteiger partial charge in [-0.05, 0) is 24.3 Å². The highest BCUT2D eigenvalue weighted by Crippen LogP contribution is 2.12. The molecule has 0 amide bonds. The van der Waals surface area contributed by atoms with Crippen LogP contribution in [0.15, 0.2) is 36.9 Å². The molecular formula is C14H19NO3. The number of carbonyl (C=O) groups is 1. The molecule has 0 aliphatic heterocycles. The summed E-state index contributed by atoms with van der Waals surface area (Å²) in [5, 5.41) is 0. The van der Waals surface area contributed by atoms with Crippen molar-refractivity contribution >= 4 is 11.7 Å². The minimum absolute atomic E-state index is 0.252. The number of anilines is 1. The molecule has 0 fully saturated rings. The smallest absolute Gasteiger partial charge is 0.338 e. The van der Waals surface area contributed by atoms with Crippen molar-refractivity contribution in [2.24, 2.45) is 0 Å². The predicted molar refractivity (Wildman–Crippen MR) is 72.1 cm³/mol. The van der Waals surface area contributed by atoms with Crippen LogP contribution in [0, 0.1) is 0 Å². The molecule has 0 saturated carbocycles. The zero-order valence-corrected chi connectivity index (χ0v) is 10.9. The van der Waals surface area contributed by atoms with Gasteiger partial charge in [0.1, 0.15) is 6.61 Å². The first-order valence-electron chi connectivity index (χ1n) is 5.78. The van der Waals surface area contributed by atoms with Crippen molar-refractivity contribution in [1.82, 2.24) is 0 Å². The Hall–Kier alpha value is -1.81. The maximum atomic E-state index is 11.6. The van der Waals surface area contributed by atoms with E-state index in [1.54, 1.807) is 18.2 Å². The number of carbonyl (C=O) groups excluding carboxylic acids is 1. The van der Waals surface area contributed by atoms with Crippen LogP contribution in [0.25, 0.3) is 0 Å². The zero-order valence-electron chi connectivity index (χ0n) is 10.9. The Kier molecular flexibility index (Phi) is 5.94. The van der Waals surface area contributed by atoms with Gasteiger partial charge in [-0.1, -0.05) is 6.08 Å². The molecule has 18 heavy (non-hydrogen) atoms. The normalized spacial score (nSPS) is 9.89. The van der Waals surface area contributed by atoms with Gasteiger partial charge in [0.25, 0.3) is 0 Å². The number of rotatable bonds is 7. The van der Waals surface area contributed by atoms with E-state index in [1.807, 2.05) is 31.1 Å². The van der Waals surface area contributed by atoms with Crippen molar-refractivity contribution in [2.45, 2.75) is 0 Å². The van der Waals surface area contributed by atoms with E-state index in [0.29, 0.717) is 18.8 Å². The molecule has 0 bridgehead atoms. The van der Waals surface area contributed by atoms with Crippen LogP contribution in [-0.4, -0.2) is 39.9 Å². The van der Waals surface area contributed by atoms with Gasteiger partial charge in [-0.15, -0.1) is 6.58 Å². The molecule has 0 spiro atoms. The van der Waals surface area contributed by atoms with E-state index in [9.17, 15) is 4.79 Å². The maximum Gasteiger partial charge on any atom is 0.338 e. The van der Waals surface area contributed by atoms with Crippen LogP contribution in [0.1, 0.15) is 10.4 Å². The van der Waals surface area contributed by atoms with Crippen LogP contribution < -0.4 is 4.90 Å². The summed E-state index contributed by atoms with van der Waals surface area (Å²) >= 11 is 0. The molecule has 0 heterocycles. The van der Waals surface area contributed by atoms with Crippen molar-refractivity contribution in [3.8, 4) is 0 Å². The highest BCUT2D eigenvalue weighted by Gasteiger charge is 2.06. The van der Waals surface area contributed by atoms with Crippen molar-refractivity contribution < 1.29 is 14.3 Å². The minimum atomic E-state index is -0.331. The quantitative estimate of drug-likeness (QED) is 0.421. The summed E-state index contributed by atoms with van der Waals surface area (Å²) in [6.07, 6.45) is 1.65. The SMILES string of the molecule is C=CCOCCOC(=O)c1ccc(N(C)C)cc1. The molecule has 98 valence electrons. The van der Waals surface area contributed by atoms with E-state index in [0.717, 1.165) is 5.69 Å². The number of esters is 1. The van der Waals surface area contributed by atoms with Crippen LogP contribution in [0.3, 0.4) is 0 Å². The molecule has 0 aliphatic carbocycles. The van der Waals surface area contributed by atoms with E-state index in [-0.39, 0.29) is 12.6 Å². The van der Waals surface area contributed by atoms with Gasteiger partial charge in [0, 0.05) is 19.8 Å². The van der Waals surface area contributed by atoms with Gasteiger partial charge in [0.05, 0.1) is 18.8 Å². The summed E-state index contributed by atoms with van der Waals surface area (Å²) in [6.45, 7) is 4.63. The van der Waals surface area contributed by atoms with E-state index < -0.39 is 0 Å². The summed E-state index contributed by atoms with van der Waals surface area (Å²) in [6, 6.07) is 7.26. The lowest BCUT2D eigenvalue weighted by atomic mass is 10.2. The summed E-state index contributed by atoms with van der Waals surface area (Å²) in [7, 11) is 3.90. The van der Waals surface area contributed by atoms with E-state index in [4.69, 9.17) is 9.47 Å². The van der Waals surface area contributed by atoms with Crippen LogP contribution in [0.2, 0.25) is 0 Å². The number of ether oxygens (including phenoxy) is 2. The second-order valence-electron chi connectivity index (χ2n) is 3.94. The molecule has 0 N–H and O–H groups in total. The maximum absolute atomic E-state index is 11.6. The van der Waals surface area contributed by atoms with E-state index >= 15 is 0 Å². The fraction of sp³-hybridized carbons (Fsp3) is 0.357. The molecular weight excluding hydrogens is 230 g/mol. The monoisotopic (exact) mass is 249 g/mol. The molecule has 0 saturated heterocycles. The zero-order chi connectivity index (χ0) is 13.4. The standard InChI is InChI=1S/C14H19NO3/c1-4-9-17-10-11-18-14(16)12-5-7-13(8-6-12)15(2)3/h4-8H,1,9-11H2,2-3H3. The van der Waals surface area contributed by atoms with Crippen LogP contribution in [-0.2, 0) is 9.47 Å². The van der Waals surface area contributed by atoms with Gasteiger partial charge >= 0.3 is 5.97 Å². The third kappa shape index (κ3) is 4.59. The molecule has 0 unspecified atom stereocenters. The molecule has 4 nitrogen and oxygen atoms in total. The molecule has 1 aromatic carbocycles. The third-order valence-electron chi connectivity index (χ3n) is 2.32. The van der Waals surface area contributed by atoms with E-state index in [1.165, 1.54) is 0 Å². The summed E-state index contributed by atoms with van der Waals surface area (Å²) < 4.78 is 10.2. The first-order valence-corrected chi connectivity index (χ1v) is 5.78. The average Bonchev–Trinajstić information content (AvgIpc) is 2.38. The third-order valence-corrected chi connectivity index (χ3v) is 2.32. The predicted octanol–water partition coefficient (Wildman–Crippen LogP) is 2.11. The van der Waals surface area contributed by atoms with Gasteiger partial charge in [-0.3, -0.25) is 0 Å². The summed E-state index contributed by atoms with van der Waals surface area (Å²) in [4.78, 5) is 13.6. The van der Waals surface area contributed by atoms with Gasteiger partial charge in [-0.2, -0.15) is 0 Å². The summed E-state index contributed by atoms with van der Waals surface area (Å²) in [5.41, 5.74) is 1.59. The van der Waals surface area contributed by atoms with Gasteiger partial charge in [-0.25, -0.2) is 4.79 Å². The van der Waals surface area contributed by atoms with Gasteiger partial charge in [0.15, 0.2) is 0 Å². The van der Waals surface area contributed by atoms with Gasteiger partial charge < -0.3 is 14.4 Å². The first kappa shape index (κ1) is 14.3. The minimum Gasteiger partial charge on any atom is -0.460 e. The lowest BCUT2D eigenvalue weighted by Gasteiger charge is -2.12. The first-order chi connectivity index (χ1) is 8.65. The average molecular weight is 249 g/mol. The number of hydrogen-bond donors (Lipinski definition) is 0. The molecule has 0 atom stereocenters. The van der Waals surface area contributed by atoms with Crippen molar-refractivity contribution in [3.05, 3.63) is 42.5 Å². The second kappa shape index (κ2) is 7.50. The Morgan fingerprint density at radius 1 is 1.28 bits per heavy atom. The fourth-order valence-corrected chi connectivity index (χ4v) is 1.34. The molecule has 1 aromatic rings. The summed E-state index contributed by atoms with van der Waals surface area (Å²) in [5.74, 6) is -0.331. The Labute approximate surface area is 108 Å². The highest BCUT2D eigenvalue weighted by atomic mass is 16.6. The molecule has 1 rings (SSSR count). The van der Waals surface area contributed by atoms with Crippen LogP contribution in [0.4, 0.5) is 5.69 Å². The molecule has 4 heteroatoms. The topological polar surface area (TPSA) is 38.8 Å². The van der Waals surface area contributed by atoms with Gasteiger partial charge in [0.2, 0.25) is 0 Å². The molecule has 0 aromatic heterocycles. The second-order valence-corrected chi connectivity index (χ2v) is 3.94. The van der Waals surface area contributed by atoms with E-state index in [2.05, 4.69) is 6.58 Å². The lowest BCUT2D eigenvalue weighted by molar-refractivity contribution is 0.0354. The molecule has 0 aliphatic rings. The van der Waals surface area contributed by atoms with Crippen LogP contribution in [0.5, 0.6) is 0 Å². The largest absolute Gasteiger partial charge is 0.460 e. The lowest BCUT2D eigenvalue weighted by Crippen LogP contribution is -2.12. The number of hydrogen-bond acceptors (Lipinski definition) is 4. The highest BCUT2D eigenvalue weighted by molar-refractivity contribution is 5.89. The fourth-order valence-electron chi connectivity index (χ4n) is 1.34. The number of nitrogens with zero attached hydrogens (tertiary/aromatic N) is 1. The Bertz CT molecular complexity index is 385.